The number of hydrogen-bond donors (Lipinski definition) is 1. The molecule has 0 bridgehead atoms. The number of nitrogens with one attached hydrogen (secondary N) is 1. The maximum Gasteiger partial charge on any atom is 0.241 e. The molecular formula is C18H22N2O2. The molecule has 1 aliphatic heterocycles. The molecule has 0 aromatic heterocycles. The van der Waals surface area contributed by atoms with Crippen molar-refractivity contribution in [1.29, 1.82) is 0 Å². The Hall–Kier alpha value is -1.94. The fraction of sp³-hybridized carbons (Fsp3) is 0.444. The van der Waals surface area contributed by atoms with Gasteiger partial charge < -0.3 is 0 Å². The van der Waals surface area contributed by atoms with E-state index in [0.29, 0.717) is 12.0 Å². The molecule has 1 heterocycles. The number of ketones is 1. The summed E-state index contributed by atoms with van der Waals surface area (Å²) in [4.78, 5) is 24.9. The Morgan fingerprint density at radius 1 is 1.14 bits per heavy atom. The Bertz CT molecular complexity index is 574. The number of carbonyl (C=O) groups is 2. The monoisotopic (exact) mass is 298 g/mol. The summed E-state index contributed by atoms with van der Waals surface area (Å²) in [5.74, 6) is -0.228. The third-order valence-electron chi connectivity index (χ3n) is 4.42. The third kappa shape index (κ3) is 3.45. The van der Waals surface area contributed by atoms with Crippen LogP contribution >= 0.6 is 0 Å². The maximum atomic E-state index is 12.5. The predicted octanol–water partition coefficient (Wildman–Crippen LogP) is 2.26. The van der Waals surface area contributed by atoms with Gasteiger partial charge in [0, 0.05) is 25.1 Å². The zero-order valence-electron chi connectivity index (χ0n) is 12.8. The Morgan fingerprint density at radius 2 is 1.86 bits per heavy atom. The van der Waals surface area contributed by atoms with E-state index in [-0.39, 0.29) is 17.6 Å². The number of hydrazine groups is 1. The first-order valence-electron chi connectivity index (χ1n) is 8.06. The van der Waals surface area contributed by atoms with Crippen LogP contribution in [0.1, 0.15) is 31.2 Å². The van der Waals surface area contributed by atoms with Gasteiger partial charge in [0.05, 0.1) is 5.92 Å². The van der Waals surface area contributed by atoms with Gasteiger partial charge in [-0.3, -0.25) is 15.0 Å². The molecule has 2 aliphatic rings. The lowest BCUT2D eigenvalue weighted by molar-refractivity contribution is -0.129. The van der Waals surface area contributed by atoms with E-state index >= 15 is 0 Å². The zero-order chi connectivity index (χ0) is 15.4. The van der Waals surface area contributed by atoms with Crippen LogP contribution in [0.25, 0.3) is 0 Å². The topological polar surface area (TPSA) is 49.4 Å². The van der Waals surface area contributed by atoms with E-state index in [1.807, 2.05) is 41.4 Å². The van der Waals surface area contributed by atoms with Crippen molar-refractivity contribution in [3.8, 4) is 0 Å². The second-order valence-electron chi connectivity index (χ2n) is 6.05. The normalized spacial score (nSPS) is 21.6. The van der Waals surface area contributed by atoms with Crippen LogP contribution in [-0.2, 0) is 16.0 Å². The number of hydrogen-bond acceptors (Lipinski definition) is 3. The van der Waals surface area contributed by atoms with Crippen molar-refractivity contribution < 1.29 is 9.59 Å². The van der Waals surface area contributed by atoms with Gasteiger partial charge in [-0.25, -0.2) is 5.01 Å². The van der Waals surface area contributed by atoms with Crippen molar-refractivity contribution >= 4 is 11.7 Å². The number of allylic oxidation sites excluding steroid dienone is 1. The Balaban J connectivity index is 1.62. The number of carbonyl (C=O) groups excluding carboxylic acids is 2. The Labute approximate surface area is 131 Å². The van der Waals surface area contributed by atoms with E-state index in [1.54, 1.807) is 0 Å². The molecule has 1 unspecified atom stereocenters. The van der Waals surface area contributed by atoms with Crippen LogP contribution in [-0.4, -0.2) is 29.8 Å². The zero-order valence-corrected chi connectivity index (χ0v) is 12.8. The molecule has 22 heavy (non-hydrogen) atoms. The van der Waals surface area contributed by atoms with Gasteiger partial charge in [-0.1, -0.05) is 36.4 Å². The summed E-state index contributed by atoms with van der Waals surface area (Å²) < 4.78 is 0. The molecule has 116 valence electrons. The first-order chi connectivity index (χ1) is 10.7. The molecule has 4 nitrogen and oxygen atoms in total. The van der Waals surface area contributed by atoms with E-state index in [2.05, 4.69) is 5.43 Å². The van der Waals surface area contributed by atoms with Crippen molar-refractivity contribution in [1.82, 2.24) is 10.4 Å². The van der Waals surface area contributed by atoms with Crippen molar-refractivity contribution in [2.75, 3.05) is 13.1 Å². The van der Waals surface area contributed by atoms with E-state index in [0.717, 1.165) is 44.3 Å². The Kier molecular flexibility index (Phi) is 4.68. The van der Waals surface area contributed by atoms with Gasteiger partial charge in [0.25, 0.3) is 0 Å². The highest BCUT2D eigenvalue weighted by Crippen LogP contribution is 2.28. The van der Waals surface area contributed by atoms with Gasteiger partial charge in [0.2, 0.25) is 5.91 Å². The molecule has 1 atom stereocenters. The van der Waals surface area contributed by atoms with Gasteiger partial charge in [0.1, 0.15) is 0 Å². The van der Waals surface area contributed by atoms with Crippen molar-refractivity contribution in [3.63, 3.8) is 0 Å². The smallest absolute Gasteiger partial charge is 0.241 e. The SMILES string of the molecule is O=C(Cc1ccccc1)C1=CCCC1C(=O)NN1CCCC1. The summed E-state index contributed by atoms with van der Waals surface area (Å²) in [5, 5.41) is 1.97. The van der Waals surface area contributed by atoms with Crippen LogP contribution < -0.4 is 5.43 Å². The minimum absolute atomic E-state index is 0.0212. The maximum absolute atomic E-state index is 12.5. The highest BCUT2D eigenvalue weighted by molar-refractivity contribution is 6.03. The molecule has 4 heteroatoms. The average Bonchev–Trinajstić information content (AvgIpc) is 3.19. The molecule has 0 saturated carbocycles. The van der Waals surface area contributed by atoms with Crippen LogP contribution in [0, 0.1) is 5.92 Å². The Morgan fingerprint density at radius 3 is 2.59 bits per heavy atom. The highest BCUT2D eigenvalue weighted by atomic mass is 16.2. The van der Waals surface area contributed by atoms with Crippen LogP contribution in [0.4, 0.5) is 0 Å². The molecule has 1 aliphatic carbocycles. The quantitative estimate of drug-likeness (QED) is 0.907. The third-order valence-corrected chi connectivity index (χ3v) is 4.42. The summed E-state index contributed by atoms with van der Waals surface area (Å²) in [5.41, 5.74) is 4.66. The molecule has 1 aromatic rings. The summed E-state index contributed by atoms with van der Waals surface area (Å²) in [7, 11) is 0. The van der Waals surface area contributed by atoms with Gasteiger partial charge in [-0.2, -0.15) is 0 Å². The van der Waals surface area contributed by atoms with E-state index in [4.69, 9.17) is 0 Å². The molecule has 3 rings (SSSR count). The molecule has 1 amide bonds. The summed E-state index contributed by atoms with van der Waals surface area (Å²) >= 11 is 0. The van der Waals surface area contributed by atoms with E-state index in [9.17, 15) is 9.59 Å². The van der Waals surface area contributed by atoms with Crippen LogP contribution in [0.3, 0.4) is 0 Å². The number of benzene rings is 1. The fourth-order valence-electron chi connectivity index (χ4n) is 3.23. The lowest BCUT2D eigenvalue weighted by Crippen LogP contribution is -2.43. The summed E-state index contributed by atoms with van der Waals surface area (Å²) in [6, 6.07) is 9.71. The molecule has 0 spiro atoms. The predicted molar refractivity (Wildman–Crippen MR) is 84.9 cm³/mol. The lowest BCUT2D eigenvalue weighted by Gasteiger charge is -2.20. The van der Waals surface area contributed by atoms with Gasteiger partial charge in [-0.15, -0.1) is 0 Å². The second-order valence-corrected chi connectivity index (χ2v) is 6.05. The number of rotatable bonds is 5. The van der Waals surface area contributed by atoms with Crippen LogP contribution in [0.5, 0.6) is 0 Å². The fourth-order valence-corrected chi connectivity index (χ4v) is 3.23. The largest absolute Gasteiger partial charge is 0.294 e. The van der Waals surface area contributed by atoms with E-state index in [1.165, 1.54) is 0 Å². The van der Waals surface area contributed by atoms with Crippen LogP contribution in [0.15, 0.2) is 42.0 Å². The molecule has 1 fully saturated rings. The molecule has 1 saturated heterocycles. The van der Waals surface area contributed by atoms with E-state index < -0.39 is 0 Å². The lowest BCUT2D eigenvalue weighted by atomic mass is 9.94. The summed E-state index contributed by atoms with van der Waals surface area (Å²) in [6.07, 6.45) is 6.13. The average molecular weight is 298 g/mol. The highest BCUT2D eigenvalue weighted by Gasteiger charge is 2.31. The summed E-state index contributed by atoms with van der Waals surface area (Å²) in [6.45, 7) is 1.82. The number of nitrogens with zero attached hydrogens (tertiary/aromatic N) is 1. The van der Waals surface area contributed by atoms with Gasteiger partial charge in [0.15, 0.2) is 5.78 Å². The first-order valence-corrected chi connectivity index (χ1v) is 8.06. The molecule has 1 N–H and O–H groups in total. The standard InChI is InChI=1S/C18H22N2O2/c21-17(13-14-7-2-1-3-8-14)15-9-6-10-16(15)18(22)19-20-11-4-5-12-20/h1-3,7-9,16H,4-6,10-13H2,(H,19,22). The van der Waals surface area contributed by atoms with Crippen molar-refractivity contribution in [2.45, 2.75) is 32.1 Å². The molecule has 0 radical (unpaired) electrons. The van der Waals surface area contributed by atoms with Crippen molar-refractivity contribution in [2.24, 2.45) is 5.92 Å². The van der Waals surface area contributed by atoms with Gasteiger partial charge in [-0.05, 0) is 31.2 Å². The minimum Gasteiger partial charge on any atom is -0.294 e. The minimum atomic E-state index is -0.281. The molecular weight excluding hydrogens is 276 g/mol. The number of amides is 1. The van der Waals surface area contributed by atoms with Gasteiger partial charge >= 0.3 is 0 Å². The second kappa shape index (κ2) is 6.88. The first kappa shape index (κ1) is 15.0. The molecule has 1 aromatic carbocycles. The van der Waals surface area contributed by atoms with Crippen molar-refractivity contribution in [3.05, 3.63) is 47.5 Å². The van der Waals surface area contributed by atoms with Crippen LogP contribution in [0.2, 0.25) is 0 Å². The number of Topliss-reactive ketones (excluding diaryl/α,β-unsaturated/α-hetero) is 1.